The summed E-state index contributed by atoms with van der Waals surface area (Å²) in [7, 11) is 0. The van der Waals surface area contributed by atoms with Crippen LogP contribution in [-0.2, 0) is 16.3 Å². The van der Waals surface area contributed by atoms with Crippen molar-refractivity contribution >= 4 is 0 Å². The second-order valence-electron chi connectivity index (χ2n) is 3.96. The summed E-state index contributed by atoms with van der Waals surface area (Å²) >= 11 is 0. The van der Waals surface area contributed by atoms with Gasteiger partial charge in [0, 0.05) is 6.04 Å². The van der Waals surface area contributed by atoms with Gasteiger partial charge in [-0.05, 0) is 6.92 Å². The molecule has 0 saturated carbocycles. The highest BCUT2D eigenvalue weighted by atomic mass is 19.4. The van der Waals surface area contributed by atoms with Crippen LogP contribution in [0.4, 0.5) is 13.2 Å². The first-order valence-electron chi connectivity index (χ1n) is 4.59. The number of nitrogens with zero attached hydrogens (tertiary/aromatic N) is 2. The lowest BCUT2D eigenvalue weighted by molar-refractivity contribution is -0.146. The zero-order chi connectivity index (χ0) is 12.0. The Morgan fingerprint density at radius 2 is 2.19 bits per heavy atom. The van der Waals surface area contributed by atoms with Crippen LogP contribution in [0.25, 0.3) is 0 Å². The Kier molecular flexibility index (Phi) is 2.43. The minimum Gasteiger partial charge on any atom is -0.379 e. The largest absolute Gasteiger partial charge is 0.455 e. The fraction of sp³-hybridized carbons (Fsp3) is 0.750. The van der Waals surface area contributed by atoms with E-state index in [0.29, 0.717) is 0 Å². The van der Waals surface area contributed by atoms with Gasteiger partial charge in [0.2, 0.25) is 5.89 Å². The van der Waals surface area contributed by atoms with Gasteiger partial charge in [0.1, 0.15) is 0 Å². The highest BCUT2D eigenvalue weighted by Gasteiger charge is 2.46. The topological polar surface area (TPSA) is 74.2 Å². The molecule has 1 aliphatic rings. The van der Waals surface area contributed by atoms with E-state index in [0.717, 1.165) is 0 Å². The predicted octanol–water partition coefficient (Wildman–Crippen LogP) is 0.704. The number of ether oxygens (including phenoxy) is 1. The molecule has 0 bridgehead atoms. The molecule has 0 spiro atoms. The lowest BCUT2D eigenvalue weighted by atomic mass is 9.86. The maximum Gasteiger partial charge on any atom is 0.455 e. The van der Waals surface area contributed by atoms with Crippen molar-refractivity contribution in [2.45, 2.75) is 24.6 Å². The predicted molar refractivity (Wildman–Crippen MR) is 45.4 cm³/mol. The van der Waals surface area contributed by atoms with Crippen LogP contribution in [0.2, 0.25) is 0 Å². The van der Waals surface area contributed by atoms with Crippen molar-refractivity contribution in [2.24, 2.45) is 5.73 Å². The summed E-state index contributed by atoms with van der Waals surface area (Å²) in [5.74, 6) is -1.42. The van der Waals surface area contributed by atoms with Crippen molar-refractivity contribution in [3.8, 4) is 0 Å². The average molecular weight is 237 g/mol. The number of hydrogen-bond donors (Lipinski definition) is 1. The second-order valence-corrected chi connectivity index (χ2v) is 3.96. The third-order valence-corrected chi connectivity index (χ3v) is 2.69. The van der Waals surface area contributed by atoms with Gasteiger partial charge >= 0.3 is 6.18 Å². The normalized spacial score (nSPS) is 30.9. The Hall–Kier alpha value is -1.15. The summed E-state index contributed by atoms with van der Waals surface area (Å²) in [6, 6.07) is -0.450. The highest BCUT2D eigenvalue weighted by molar-refractivity contribution is 5.12. The second kappa shape index (κ2) is 3.42. The maximum atomic E-state index is 12.3. The summed E-state index contributed by atoms with van der Waals surface area (Å²) in [5.41, 5.74) is 4.88. The van der Waals surface area contributed by atoms with Crippen molar-refractivity contribution in [1.29, 1.82) is 0 Å². The Labute approximate surface area is 88.8 Å². The van der Waals surface area contributed by atoms with Gasteiger partial charge < -0.3 is 15.0 Å². The van der Waals surface area contributed by atoms with Crippen molar-refractivity contribution in [3.05, 3.63) is 11.7 Å². The molecular weight excluding hydrogens is 227 g/mol. The molecule has 0 aliphatic carbocycles. The minimum atomic E-state index is -4.61. The van der Waals surface area contributed by atoms with Gasteiger partial charge in [0.25, 0.3) is 5.82 Å². The first-order valence-corrected chi connectivity index (χ1v) is 4.59. The third-order valence-electron chi connectivity index (χ3n) is 2.69. The fourth-order valence-electron chi connectivity index (χ4n) is 1.48. The third kappa shape index (κ3) is 1.67. The van der Waals surface area contributed by atoms with E-state index in [-0.39, 0.29) is 19.1 Å². The van der Waals surface area contributed by atoms with Crippen LogP contribution < -0.4 is 5.73 Å². The van der Waals surface area contributed by atoms with Crippen molar-refractivity contribution in [2.75, 3.05) is 13.2 Å². The van der Waals surface area contributed by atoms with Crippen LogP contribution >= 0.6 is 0 Å². The van der Waals surface area contributed by atoms with E-state index in [1.807, 2.05) is 0 Å². The molecular formula is C8H10F3N3O2. The van der Waals surface area contributed by atoms with E-state index in [2.05, 4.69) is 14.7 Å². The Morgan fingerprint density at radius 1 is 1.50 bits per heavy atom. The molecule has 1 aromatic heterocycles. The van der Waals surface area contributed by atoms with Crippen LogP contribution in [0.5, 0.6) is 0 Å². The number of nitrogens with two attached hydrogens (primary N) is 1. The zero-order valence-electron chi connectivity index (χ0n) is 8.41. The summed E-state index contributed by atoms with van der Waals surface area (Å²) in [4.78, 5) is 3.32. The first kappa shape index (κ1) is 11.3. The maximum absolute atomic E-state index is 12.3. The van der Waals surface area contributed by atoms with Gasteiger partial charge in [-0.15, -0.1) is 0 Å². The van der Waals surface area contributed by atoms with Gasteiger partial charge in [-0.3, -0.25) is 0 Å². The quantitative estimate of drug-likeness (QED) is 0.778. The number of aromatic nitrogens is 2. The van der Waals surface area contributed by atoms with Crippen LogP contribution in [0.15, 0.2) is 4.52 Å². The van der Waals surface area contributed by atoms with Gasteiger partial charge in [0.15, 0.2) is 0 Å². The SMILES string of the molecule is CC1(c2nc(C(F)(F)F)no2)COCC1N. The lowest BCUT2D eigenvalue weighted by Crippen LogP contribution is -2.42. The fourth-order valence-corrected chi connectivity index (χ4v) is 1.48. The van der Waals surface area contributed by atoms with Gasteiger partial charge in [-0.25, -0.2) is 0 Å². The van der Waals surface area contributed by atoms with E-state index in [1.54, 1.807) is 6.92 Å². The molecule has 0 radical (unpaired) electrons. The average Bonchev–Trinajstić information content (AvgIpc) is 2.74. The molecule has 90 valence electrons. The summed E-state index contributed by atoms with van der Waals surface area (Å²) in [5, 5.41) is 2.89. The van der Waals surface area contributed by atoms with E-state index in [1.165, 1.54) is 0 Å². The first-order chi connectivity index (χ1) is 7.34. The molecule has 0 aromatic carbocycles. The van der Waals surface area contributed by atoms with Gasteiger partial charge in [0.05, 0.1) is 18.6 Å². The van der Waals surface area contributed by atoms with Crippen LogP contribution in [-0.4, -0.2) is 29.4 Å². The van der Waals surface area contributed by atoms with Crippen LogP contribution in [0.3, 0.4) is 0 Å². The van der Waals surface area contributed by atoms with E-state index < -0.39 is 23.5 Å². The van der Waals surface area contributed by atoms with Gasteiger partial charge in [-0.2, -0.15) is 18.2 Å². The summed E-state index contributed by atoms with van der Waals surface area (Å²) < 4.78 is 46.5. The number of halogens is 3. The van der Waals surface area contributed by atoms with Crippen molar-refractivity contribution in [1.82, 2.24) is 10.1 Å². The molecule has 2 heterocycles. The Morgan fingerprint density at radius 3 is 2.62 bits per heavy atom. The molecule has 5 nitrogen and oxygen atoms in total. The number of rotatable bonds is 1. The number of hydrogen-bond acceptors (Lipinski definition) is 5. The van der Waals surface area contributed by atoms with Crippen molar-refractivity contribution < 1.29 is 22.4 Å². The Bertz CT molecular complexity index is 392. The van der Waals surface area contributed by atoms with E-state index in [9.17, 15) is 13.2 Å². The monoisotopic (exact) mass is 237 g/mol. The number of alkyl halides is 3. The molecule has 2 rings (SSSR count). The zero-order valence-corrected chi connectivity index (χ0v) is 8.41. The molecule has 8 heteroatoms. The van der Waals surface area contributed by atoms with Gasteiger partial charge in [-0.1, -0.05) is 5.16 Å². The molecule has 2 unspecified atom stereocenters. The molecule has 1 aliphatic heterocycles. The lowest BCUT2D eigenvalue weighted by Gasteiger charge is -2.21. The standard InChI is InChI=1S/C8H10F3N3O2/c1-7(3-15-2-4(7)12)6-13-5(14-16-6)8(9,10)11/h4H,2-3,12H2,1H3. The molecule has 0 amide bonds. The van der Waals surface area contributed by atoms with Crippen molar-refractivity contribution in [3.63, 3.8) is 0 Å². The molecule has 1 saturated heterocycles. The Balaban J connectivity index is 2.32. The highest BCUT2D eigenvalue weighted by Crippen LogP contribution is 2.33. The molecule has 1 aromatic rings. The molecule has 2 N–H and O–H groups in total. The van der Waals surface area contributed by atoms with Crippen LogP contribution in [0, 0.1) is 0 Å². The molecule has 1 fully saturated rings. The molecule has 2 atom stereocenters. The minimum absolute atomic E-state index is 0.134. The van der Waals surface area contributed by atoms with E-state index in [4.69, 9.17) is 10.5 Å². The van der Waals surface area contributed by atoms with E-state index >= 15 is 0 Å². The smallest absolute Gasteiger partial charge is 0.379 e. The summed E-state index contributed by atoms with van der Waals surface area (Å²) in [6.45, 7) is 2.08. The summed E-state index contributed by atoms with van der Waals surface area (Å²) in [6.07, 6.45) is -4.61. The van der Waals surface area contributed by atoms with Crippen LogP contribution in [0.1, 0.15) is 18.6 Å². The molecule has 16 heavy (non-hydrogen) atoms.